The molecular weight excluding hydrogens is 320 g/mol. The number of aryl methyl sites for hydroxylation is 1. The van der Waals surface area contributed by atoms with E-state index in [1.807, 2.05) is 54.4 Å². The Balaban J connectivity index is 1.46. The van der Waals surface area contributed by atoms with E-state index in [2.05, 4.69) is 14.9 Å². The van der Waals surface area contributed by atoms with Gasteiger partial charge in [-0.15, -0.1) is 11.3 Å². The first-order valence-electron chi connectivity index (χ1n) is 8.03. The molecule has 1 aromatic carbocycles. The van der Waals surface area contributed by atoms with Crippen LogP contribution in [0, 0.1) is 6.92 Å². The second-order valence-corrected chi connectivity index (χ2v) is 7.21. The fourth-order valence-corrected chi connectivity index (χ4v) is 3.77. The van der Waals surface area contributed by atoms with Crippen molar-refractivity contribution < 1.29 is 4.79 Å². The number of carbonyl (C=O) groups is 1. The maximum Gasteiger partial charge on any atom is 0.264 e. The van der Waals surface area contributed by atoms with Crippen molar-refractivity contribution in [3.63, 3.8) is 0 Å². The summed E-state index contributed by atoms with van der Waals surface area (Å²) < 4.78 is 0. The normalized spacial score (nSPS) is 15.0. The van der Waals surface area contributed by atoms with Gasteiger partial charge in [-0.25, -0.2) is 9.97 Å². The molecule has 5 nitrogen and oxygen atoms in total. The summed E-state index contributed by atoms with van der Waals surface area (Å²) >= 11 is 1.56. The van der Waals surface area contributed by atoms with Crippen molar-refractivity contribution in [2.24, 2.45) is 0 Å². The van der Waals surface area contributed by atoms with Crippen LogP contribution >= 0.6 is 11.3 Å². The van der Waals surface area contributed by atoms with E-state index in [1.54, 1.807) is 11.3 Å². The minimum atomic E-state index is 0.132. The second kappa shape index (κ2) is 6.20. The molecular formula is C18H18N4OS. The van der Waals surface area contributed by atoms with Crippen molar-refractivity contribution in [3.8, 4) is 0 Å². The summed E-state index contributed by atoms with van der Waals surface area (Å²) in [6, 6.07) is 11.9. The predicted octanol–water partition coefficient (Wildman–Crippen LogP) is 2.96. The summed E-state index contributed by atoms with van der Waals surface area (Å²) in [5, 5.41) is 1.04. The fourth-order valence-electron chi connectivity index (χ4n) is 2.93. The largest absolute Gasteiger partial charge is 0.337 e. The maximum absolute atomic E-state index is 12.5. The van der Waals surface area contributed by atoms with Gasteiger partial charge in [-0.05, 0) is 25.1 Å². The summed E-state index contributed by atoms with van der Waals surface area (Å²) in [7, 11) is 0. The lowest BCUT2D eigenvalue weighted by Crippen LogP contribution is -2.49. The van der Waals surface area contributed by atoms with E-state index in [9.17, 15) is 4.79 Å². The maximum atomic E-state index is 12.5. The van der Waals surface area contributed by atoms with Gasteiger partial charge in [0.15, 0.2) is 0 Å². The Morgan fingerprint density at radius 3 is 2.62 bits per heavy atom. The molecule has 24 heavy (non-hydrogen) atoms. The lowest BCUT2D eigenvalue weighted by atomic mass is 10.2. The van der Waals surface area contributed by atoms with E-state index in [-0.39, 0.29) is 5.91 Å². The number of anilines is 1. The molecule has 122 valence electrons. The van der Waals surface area contributed by atoms with Crippen LogP contribution in [-0.2, 0) is 0 Å². The third kappa shape index (κ3) is 2.85. The van der Waals surface area contributed by atoms with Crippen molar-refractivity contribution in [2.75, 3.05) is 31.1 Å². The molecule has 0 unspecified atom stereocenters. The Morgan fingerprint density at radius 2 is 1.88 bits per heavy atom. The molecule has 4 rings (SSSR count). The monoisotopic (exact) mass is 338 g/mol. The summed E-state index contributed by atoms with van der Waals surface area (Å²) in [6.07, 6.45) is 1.86. The van der Waals surface area contributed by atoms with Gasteiger partial charge in [-0.3, -0.25) is 4.79 Å². The zero-order chi connectivity index (χ0) is 16.5. The molecule has 2 aromatic heterocycles. The average molecular weight is 338 g/mol. The third-order valence-corrected chi connectivity index (χ3v) is 5.27. The van der Waals surface area contributed by atoms with E-state index in [1.165, 1.54) is 4.88 Å². The third-order valence-electron chi connectivity index (χ3n) is 4.28. The molecule has 1 fully saturated rings. The molecule has 3 aromatic rings. The molecule has 0 bridgehead atoms. The van der Waals surface area contributed by atoms with Gasteiger partial charge < -0.3 is 9.80 Å². The van der Waals surface area contributed by atoms with Gasteiger partial charge in [0.25, 0.3) is 5.91 Å². The van der Waals surface area contributed by atoms with Gasteiger partial charge in [-0.1, -0.05) is 18.2 Å². The molecule has 0 N–H and O–H groups in total. The highest BCUT2D eigenvalue weighted by atomic mass is 32.1. The molecule has 1 amide bonds. The van der Waals surface area contributed by atoms with Gasteiger partial charge >= 0.3 is 0 Å². The number of para-hydroxylation sites is 1. The zero-order valence-electron chi connectivity index (χ0n) is 13.5. The molecule has 0 atom stereocenters. The van der Waals surface area contributed by atoms with Crippen molar-refractivity contribution in [1.82, 2.24) is 14.9 Å². The summed E-state index contributed by atoms with van der Waals surface area (Å²) in [6.45, 7) is 4.94. The minimum absolute atomic E-state index is 0.132. The average Bonchev–Trinajstić information content (AvgIpc) is 3.07. The number of hydrogen-bond acceptors (Lipinski definition) is 5. The van der Waals surface area contributed by atoms with Crippen LogP contribution in [-0.4, -0.2) is 47.0 Å². The number of piperazine rings is 1. The van der Waals surface area contributed by atoms with Gasteiger partial charge in [0.05, 0.1) is 10.4 Å². The van der Waals surface area contributed by atoms with Crippen LogP contribution in [0.4, 0.5) is 5.95 Å². The van der Waals surface area contributed by atoms with Crippen molar-refractivity contribution in [2.45, 2.75) is 6.92 Å². The van der Waals surface area contributed by atoms with Crippen molar-refractivity contribution in [1.29, 1.82) is 0 Å². The zero-order valence-corrected chi connectivity index (χ0v) is 14.3. The molecule has 1 saturated heterocycles. The van der Waals surface area contributed by atoms with Crippen LogP contribution in [0.15, 0.2) is 42.6 Å². The molecule has 1 aliphatic rings. The predicted molar refractivity (Wildman–Crippen MR) is 96.7 cm³/mol. The Labute approximate surface area is 144 Å². The number of rotatable bonds is 2. The van der Waals surface area contributed by atoms with Crippen LogP contribution in [0.2, 0.25) is 0 Å². The number of fused-ring (bicyclic) bond motifs is 1. The summed E-state index contributed by atoms with van der Waals surface area (Å²) in [5.41, 5.74) is 0.954. The van der Waals surface area contributed by atoms with Gasteiger partial charge in [0.2, 0.25) is 5.95 Å². The van der Waals surface area contributed by atoms with Crippen LogP contribution < -0.4 is 4.90 Å². The quantitative estimate of drug-likeness (QED) is 0.721. The standard InChI is InChI=1S/C18H18N4OS/c1-13-6-7-16(24-13)17(23)21-8-10-22(11-9-21)18-19-12-14-4-2-3-5-15(14)20-18/h2-7,12H,8-11H2,1H3. The molecule has 6 heteroatoms. The van der Waals surface area contributed by atoms with Crippen molar-refractivity contribution in [3.05, 3.63) is 52.3 Å². The topological polar surface area (TPSA) is 49.3 Å². The summed E-state index contributed by atoms with van der Waals surface area (Å²) in [4.78, 5) is 27.7. The number of hydrogen-bond donors (Lipinski definition) is 0. The first kappa shape index (κ1) is 15.1. The van der Waals surface area contributed by atoms with Gasteiger partial charge in [0.1, 0.15) is 0 Å². The minimum Gasteiger partial charge on any atom is -0.337 e. The smallest absolute Gasteiger partial charge is 0.264 e. The Hall–Kier alpha value is -2.47. The second-order valence-electron chi connectivity index (χ2n) is 5.92. The van der Waals surface area contributed by atoms with Crippen LogP contribution in [0.1, 0.15) is 14.5 Å². The fraction of sp³-hybridized carbons (Fsp3) is 0.278. The molecule has 0 spiro atoms. The highest BCUT2D eigenvalue weighted by molar-refractivity contribution is 7.13. The van der Waals surface area contributed by atoms with Crippen LogP contribution in [0.5, 0.6) is 0 Å². The molecule has 0 radical (unpaired) electrons. The number of amides is 1. The summed E-state index contributed by atoms with van der Waals surface area (Å²) in [5.74, 6) is 0.875. The molecule has 0 aliphatic carbocycles. The highest BCUT2D eigenvalue weighted by Gasteiger charge is 2.24. The van der Waals surface area contributed by atoms with E-state index in [0.717, 1.165) is 34.8 Å². The Kier molecular flexibility index (Phi) is 3.90. The van der Waals surface area contributed by atoms with E-state index >= 15 is 0 Å². The van der Waals surface area contributed by atoms with Crippen LogP contribution in [0.25, 0.3) is 10.9 Å². The lowest BCUT2D eigenvalue weighted by Gasteiger charge is -2.34. The van der Waals surface area contributed by atoms with Crippen LogP contribution in [0.3, 0.4) is 0 Å². The Bertz CT molecular complexity index is 883. The van der Waals surface area contributed by atoms with Gasteiger partial charge in [-0.2, -0.15) is 0 Å². The van der Waals surface area contributed by atoms with Crippen molar-refractivity contribution >= 4 is 34.1 Å². The van der Waals surface area contributed by atoms with E-state index in [0.29, 0.717) is 13.1 Å². The molecule has 1 aliphatic heterocycles. The number of thiophene rings is 1. The number of aromatic nitrogens is 2. The van der Waals surface area contributed by atoms with E-state index in [4.69, 9.17) is 0 Å². The van der Waals surface area contributed by atoms with E-state index < -0.39 is 0 Å². The van der Waals surface area contributed by atoms with Gasteiger partial charge in [0, 0.05) is 42.6 Å². The first-order chi connectivity index (χ1) is 11.7. The lowest BCUT2D eigenvalue weighted by molar-refractivity contribution is 0.0751. The number of carbonyl (C=O) groups excluding carboxylic acids is 1. The first-order valence-corrected chi connectivity index (χ1v) is 8.85. The molecule has 0 saturated carbocycles. The Morgan fingerprint density at radius 1 is 1.08 bits per heavy atom. The highest BCUT2D eigenvalue weighted by Crippen LogP contribution is 2.20. The molecule has 3 heterocycles. The number of benzene rings is 1. The SMILES string of the molecule is Cc1ccc(C(=O)N2CCN(c3ncc4ccccc4n3)CC2)s1. The number of nitrogens with zero attached hydrogens (tertiary/aromatic N) is 4.